The highest BCUT2D eigenvalue weighted by Crippen LogP contribution is 2.36. The van der Waals surface area contributed by atoms with Crippen LogP contribution in [-0.2, 0) is 19.6 Å². The van der Waals surface area contributed by atoms with Crippen molar-refractivity contribution in [3.8, 4) is 17.2 Å². The first-order valence-electron chi connectivity index (χ1n) is 10.9. The van der Waals surface area contributed by atoms with Gasteiger partial charge in [-0.2, -0.15) is 4.31 Å². The molecule has 1 fully saturated rings. The molecule has 11 heteroatoms. The molecule has 2 heterocycles. The summed E-state index contributed by atoms with van der Waals surface area (Å²) in [6, 6.07) is 9.35. The number of sulfonamides is 1. The van der Waals surface area contributed by atoms with Gasteiger partial charge in [0.1, 0.15) is 23.8 Å². The third-order valence-electron chi connectivity index (χ3n) is 5.81. The number of methoxy groups -OCH3 is 2. The summed E-state index contributed by atoms with van der Waals surface area (Å²) in [5.41, 5.74) is 0.622. The van der Waals surface area contributed by atoms with E-state index in [2.05, 4.69) is 5.32 Å². The molecule has 1 N–H and O–H groups in total. The van der Waals surface area contributed by atoms with E-state index < -0.39 is 21.8 Å². The van der Waals surface area contributed by atoms with Gasteiger partial charge in [0.05, 0.1) is 30.5 Å². The number of amides is 2. The van der Waals surface area contributed by atoms with Crippen LogP contribution in [0.5, 0.6) is 17.2 Å². The van der Waals surface area contributed by atoms with Crippen LogP contribution in [0.1, 0.15) is 19.3 Å². The molecule has 2 aliphatic heterocycles. The highest BCUT2D eigenvalue weighted by atomic mass is 32.2. The number of nitrogens with one attached hydrogen (secondary N) is 1. The monoisotopic (exact) mass is 489 g/mol. The van der Waals surface area contributed by atoms with Crippen molar-refractivity contribution >= 4 is 33.2 Å². The van der Waals surface area contributed by atoms with Crippen molar-refractivity contribution in [3.63, 3.8) is 0 Å². The number of hydrogen-bond donors (Lipinski definition) is 1. The van der Waals surface area contributed by atoms with Crippen molar-refractivity contribution in [1.82, 2.24) is 4.31 Å². The second kappa shape index (κ2) is 9.90. The van der Waals surface area contributed by atoms with Crippen LogP contribution in [0.4, 0.5) is 11.4 Å². The van der Waals surface area contributed by atoms with E-state index in [9.17, 15) is 18.0 Å². The molecule has 182 valence electrons. The van der Waals surface area contributed by atoms with Crippen molar-refractivity contribution in [1.29, 1.82) is 0 Å². The van der Waals surface area contributed by atoms with Crippen molar-refractivity contribution in [2.24, 2.45) is 0 Å². The van der Waals surface area contributed by atoms with E-state index in [1.807, 2.05) is 0 Å². The maximum Gasteiger partial charge on any atom is 0.265 e. The topological polar surface area (TPSA) is 114 Å². The summed E-state index contributed by atoms with van der Waals surface area (Å²) < 4.78 is 43.7. The predicted molar refractivity (Wildman–Crippen MR) is 125 cm³/mol. The third-order valence-corrected chi connectivity index (χ3v) is 7.70. The Labute approximate surface area is 198 Å². The Morgan fingerprint density at radius 2 is 1.82 bits per heavy atom. The molecule has 2 aliphatic rings. The lowest BCUT2D eigenvalue weighted by molar-refractivity contribution is -0.123. The van der Waals surface area contributed by atoms with Gasteiger partial charge in [-0.25, -0.2) is 8.42 Å². The molecule has 0 unspecified atom stereocenters. The first-order valence-corrected chi connectivity index (χ1v) is 12.4. The smallest absolute Gasteiger partial charge is 0.265 e. The molecule has 0 bridgehead atoms. The lowest BCUT2D eigenvalue weighted by Gasteiger charge is -2.30. The number of nitrogens with zero attached hydrogens (tertiary/aromatic N) is 2. The second-order valence-electron chi connectivity index (χ2n) is 7.98. The average Bonchev–Trinajstić information content (AvgIpc) is 2.86. The van der Waals surface area contributed by atoms with Gasteiger partial charge < -0.3 is 19.5 Å². The molecule has 0 spiro atoms. The predicted octanol–water partition coefficient (Wildman–Crippen LogP) is 2.24. The second-order valence-corrected chi connectivity index (χ2v) is 9.92. The Morgan fingerprint density at radius 3 is 2.53 bits per heavy atom. The molecule has 1 saturated heterocycles. The van der Waals surface area contributed by atoms with Gasteiger partial charge in [-0.1, -0.05) is 6.42 Å². The quantitative estimate of drug-likeness (QED) is 0.634. The Bertz CT molecular complexity index is 1190. The molecule has 0 atom stereocenters. The molecule has 2 aromatic rings. The van der Waals surface area contributed by atoms with Crippen molar-refractivity contribution < 1.29 is 32.2 Å². The van der Waals surface area contributed by atoms with E-state index in [0.29, 0.717) is 36.0 Å². The first kappa shape index (κ1) is 23.8. The van der Waals surface area contributed by atoms with Gasteiger partial charge in [0.15, 0.2) is 6.61 Å². The molecule has 0 radical (unpaired) electrons. The number of benzene rings is 2. The Balaban J connectivity index is 1.59. The van der Waals surface area contributed by atoms with Crippen LogP contribution in [0, 0.1) is 0 Å². The molecule has 0 saturated carbocycles. The highest BCUT2D eigenvalue weighted by molar-refractivity contribution is 7.89. The Morgan fingerprint density at radius 1 is 1.06 bits per heavy atom. The van der Waals surface area contributed by atoms with Gasteiger partial charge in [-0.15, -0.1) is 0 Å². The SMILES string of the molecule is COc1ccc(OC)c(NC(=O)CN2C(=O)COc3ccc(S(=O)(=O)N4CCCCC4)cc32)c1. The van der Waals surface area contributed by atoms with Crippen LogP contribution in [0.2, 0.25) is 0 Å². The molecule has 2 amide bonds. The standard InChI is InChI=1S/C23H27N3O7S/c1-31-16-6-8-20(32-2)18(12-16)24-22(27)14-26-19-13-17(7-9-21(19)33-15-23(26)28)34(29,30)25-10-4-3-5-11-25/h6-9,12-13H,3-5,10-11,14-15H2,1-2H3,(H,24,27). The van der Waals surface area contributed by atoms with E-state index in [-0.39, 0.29) is 23.7 Å². The summed E-state index contributed by atoms with van der Waals surface area (Å²) >= 11 is 0. The van der Waals surface area contributed by atoms with Crippen LogP contribution in [-0.4, -0.2) is 65.0 Å². The molecule has 34 heavy (non-hydrogen) atoms. The van der Waals surface area contributed by atoms with Crippen LogP contribution < -0.4 is 24.4 Å². The van der Waals surface area contributed by atoms with Crippen molar-refractivity contribution in [2.75, 3.05) is 50.7 Å². The summed E-state index contributed by atoms with van der Waals surface area (Å²) in [4.78, 5) is 26.8. The summed E-state index contributed by atoms with van der Waals surface area (Å²) in [7, 11) is -0.739. The minimum atomic E-state index is -3.72. The molecular weight excluding hydrogens is 462 g/mol. The number of piperidine rings is 1. The zero-order valence-corrected chi connectivity index (χ0v) is 19.9. The van der Waals surface area contributed by atoms with E-state index in [0.717, 1.165) is 19.3 Å². The molecular formula is C23H27N3O7S. The van der Waals surface area contributed by atoms with Gasteiger partial charge in [0, 0.05) is 19.2 Å². The average molecular weight is 490 g/mol. The van der Waals surface area contributed by atoms with Gasteiger partial charge in [-0.3, -0.25) is 14.5 Å². The van der Waals surface area contributed by atoms with Crippen LogP contribution in [0.15, 0.2) is 41.3 Å². The van der Waals surface area contributed by atoms with Crippen molar-refractivity contribution in [2.45, 2.75) is 24.2 Å². The van der Waals surface area contributed by atoms with E-state index >= 15 is 0 Å². The zero-order valence-electron chi connectivity index (χ0n) is 19.1. The van der Waals surface area contributed by atoms with Crippen LogP contribution >= 0.6 is 0 Å². The fourth-order valence-corrected chi connectivity index (χ4v) is 5.55. The maximum atomic E-state index is 13.1. The molecule has 2 aromatic carbocycles. The molecule has 4 rings (SSSR count). The van der Waals surface area contributed by atoms with Crippen LogP contribution in [0.3, 0.4) is 0 Å². The summed E-state index contributed by atoms with van der Waals surface area (Å²) in [5, 5.41) is 2.73. The molecule has 0 aromatic heterocycles. The van der Waals surface area contributed by atoms with Crippen molar-refractivity contribution in [3.05, 3.63) is 36.4 Å². The fraction of sp³-hybridized carbons (Fsp3) is 0.391. The summed E-state index contributed by atoms with van der Waals surface area (Å²) in [6.07, 6.45) is 2.62. The van der Waals surface area contributed by atoms with E-state index in [4.69, 9.17) is 14.2 Å². The van der Waals surface area contributed by atoms with E-state index in [1.165, 1.54) is 41.6 Å². The van der Waals surface area contributed by atoms with Gasteiger partial charge >= 0.3 is 0 Å². The lowest BCUT2D eigenvalue weighted by Crippen LogP contribution is -2.43. The number of carbonyl (C=O) groups excluding carboxylic acids is 2. The first-order chi connectivity index (χ1) is 16.3. The minimum absolute atomic E-state index is 0.0614. The number of rotatable bonds is 7. The normalized spacial score (nSPS) is 16.4. The number of hydrogen-bond acceptors (Lipinski definition) is 7. The largest absolute Gasteiger partial charge is 0.497 e. The lowest BCUT2D eigenvalue weighted by atomic mass is 10.2. The summed E-state index contributed by atoms with van der Waals surface area (Å²) in [6.45, 7) is 0.344. The van der Waals surface area contributed by atoms with Gasteiger partial charge in [0.25, 0.3) is 5.91 Å². The highest BCUT2D eigenvalue weighted by Gasteiger charge is 2.32. The fourth-order valence-electron chi connectivity index (χ4n) is 4.02. The zero-order chi connectivity index (χ0) is 24.3. The third kappa shape index (κ3) is 4.80. The Kier molecular flexibility index (Phi) is 6.94. The Hall–Kier alpha value is -3.31. The number of ether oxygens (including phenoxy) is 3. The molecule has 0 aliphatic carbocycles. The molecule has 10 nitrogen and oxygen atoms in total. The van der Waals surface area contributed by atoms with Gasteiger partial charge in [0.2, 0.25) is 15.9 Å². The van der Waals surface area contributed by atoms with Gasteiger partial charge in [-0.05, 0) is 43.2 Å². The maximum absolute atomic E-state index is 13.1. The van der Waals surface area contributed by atoms with E-state index in [1.54, 1.807) is 18.2 Å². The minimum Gasteiger partial charge on any atom is -0.497 e. The number of fused-ring (bicyclic) bond motifs is 1. The number of anilines is 2. The summed E-state index contributed by atoms with van der Waals surface area (Å²) in [5.74, 6) is 0.350. The number of carbonyl (C=O) groups is 2. The van der Waals surface area contributed by atoms with Crippen LogP contribution in [0.25, 0.3) is 0 Å².